The van der Waals surface area contributed by atoms with Gasteiger partial charge in [0.2, 0.25) is 5.91 Å². The summed E-state index contributed by atoms with van der Waals surface area (Å²) < 4.78 is 0. The van der Waals surface area contributed by atoms with Crippen LogP contribution < -0.4 is 10.2 Å². The van der Waals surface area contributed by atoms with Gasteiger partial charge in [-0.25, -0.2) is 0 Å². The van der Waals surface area contributed by atoms with Crippen molar-refractivity contribution in [1.29, 1.82) is 0 Å². The molecule has 1 fully saturated rings. The Morgan fingerprint density at radius 2 is 1.70 bits per heavy atom. The summed E-state index contributed by atoms with van der Waals surface area (Å²) in [5.41, 5.74) is 2.87. The molecule has 0 bridgehead atoms. The monoisotopic (exact) mass is 274 g/mol. The number of carbonyl (C=O) groups excluding carboxylic acids is 1. The summed E-state index contributed by atoms with van der Waals surface area (Å²) in [5, 5.41) is 3.02. The Balaban J connectivity index is 1.95. The Labute approximate surface area is 122 Å². The summed E-state index contributed by atoms with van der Waals surface area (Å²) in [5.74, 6) is 0.0815. The molecule has 0 radical (unpaired) electrons. The smallest absolute Gasteiger partial charge is 0.217 e. The largest absolute Gasteiger partial charge is 0.371 e. The number of rotatable bonds is 2. The van der Waals surface area contributed by atoms with Gasteiger partial charge in [0.1, 0.15) is 0 Å². The molecule has 1 saturated heterocycles. The Bertz CT molecular complexity index is 451. The van der Waals surface area contributed by atoms with E-state index in [1.807, 2.05) is 0 Å². The highest BCUT2D eigenvalue weighted by molar-refractivity contribution is 5.73. The van der Waals surface area contributed by atoms with Crippen molar-refractivity contribution in [2.45, 2.75) is 52.0 Å². The standard InChI is InChI=1S/C17H26N2O/c1-13(20)18-15-9-11-19(12-10-15)16-7-5-14(6-8-16)17(2,3)4/h5-8,15H,9-12H2,1-4H3,(H,18,20). The maximum Gasteiger partial charge on any atom is 0.217 e. The number of carbonyl (C=O) groups is 1. The molecule has 0 unspecified atom stereocenters. The van der Waals surface area contributed by atoms with Crippen molar-refractivity contribution in [3.05, 3.63) is 29.8 Å². The topological polar surface area (TPSA) is 32.3 Å². The van der Waals surface area contributed by atoms with Gasteiger partial charge in [0.25, 0.3) is 0 Å². The molecular weight excluding hydrogens is 248 g/mol. The van der Waals surface area contributed by atoms with Gasteiger partial charge < -0.3 is 10.2 Å². The van der Waals surface area contributed by atoms with Gasteiger partial charge in [-0.1, -0.05) is 32.9 Å². The molecule has 0 aromatic heterocycles. The first-order valence-electron chi connectivity index (χ1n) is 7.49. The molecule has 2 rings (SSSR count). The van der Waals surface area contributed by atoms with Crippen molar-refractivity contribution < 1.29 is 4.79 Å². The second kappa shape index (κ2) is 5.86. The molecule has 3 heteroatoms. The zero-order chi connectivity index (χ0) is 14.8. The Kier molecular flexibility index (Phi) is 4.36. The van der Waals surface area contributed by atoms with Gasteiger partial charge in [0.05, 0.1) is 0 Å². The van der Waals surface area contributed by atoms with Crippen LogP contribution in [0.3, 0.4) is 0 Å². The molecule has 1 aliphatic rings. The lowest BCUT2D eigenvalue weighted by Gasteiger charge is -2.34. The Hall–Kier alpha value is -1.51. The van der Waals surface area contributed by atoms with Crippen LogP contribution in [0.1, 0.15) is 46.1 Å². The summed E-state index contributed by atoms with van der Waals surface area (Å²) in [6.07, 6.45) is 2.06. The maximum atomic E-state index is 11.1. The number of piperidine rings is 1. The minimum Gasteiger partial charge on any atom is -0.371 e. The van der Waals surface area contributed by atoms with Crippen molar-refractivity contribution in [3.63, 3.8) is 0 Å². The number of benzene rings is 1. The van der Waals surface area contributed by atoms with E-state index in [9.17, 15) is 4.79 Å². The number of nitrogens with one attached hydrogen (secondary N) is 1. The molecule has 110 valence electrons. The molecule has 0 saturated carbocycles. The van der Waals surface area contributed by atoms with Crippen LogP contribution in [-0.4, -0.2) is 25.0 Å². The van der Waals surface area contributed by atoms with E-state index in [1.54, 1.807) is 6.92 Å². The molecule has 1 N–H and O–H groups in total. The maximum absolute atomic E-state index is 11.1. The Morgan fingerprint density at radius 3 is 2.15 bits per heavy atom. The van der Waals surface area contributed by atoms with Crippen molar-refractivity contribution in [2.24, 2.45) is 0 Å². The fourth-order valence-electron chi connectivity index (χ4n) is 2.74. The van der Waals surface area contributed by atoms with Crippen LogP contribution in [0.5, 0.6) is 0 Å². The Morgan fingerprint density at radius 1 is 1.15 bits per heavy atom. The van der Waals surface area contributed by atoms with E-state index in [1.165, 1.54) is 11.3 Å². The third-order valence-electron chi connectivity index (χ3n) is 4.00. The van der Waals surface area contributed by atoms with Crippen LogP contribution in [0.2, 0.25) is 0 Å². The van der Waals surface area contributed by atoms with Crippen LogP contribution >= 0.6 is 0 Å². The quantitative estimate of drug-likeness (QED) is 0.899. The number of anilines is 1. The van der Waals surface area contributed by atoms with Gasteiger partial charge in [-0.15, -0.1) is 0 Å². The molecule has 1 heterocycles. The van der Waals surface area contributed by atoms with Gasteiger partial charge in [-0.3, -0.25) is 4.79 Å². The summed E-state index contributed by atoms with van der Waals surface area (Å²) in [4.78, 5) is 13.5. The predicted molar refractivity (Wildman–Crippen MR) is 84.2 cm³/mol. The summed E-state index contributed by atoms with van der Waals surface area (Å²) in [6.45, 7) is 10.3. The number of hydrogen-bond acceptors (Lipinski definition) is 2. The lowest BCUT2D eigenvalue weighted by Crippen LogP contribution is -2.44. The van der Waals surface area contributed by atoms with Crippen molar-refractivity contribution >= 4 is 11.6 Å². The van der Waals surface area contributed by atoms with Gasteiger partial charge in [0, 0.05) is 31.7 Å². The van der Waals surface area contributed by atoms with Gasteiger partial charge >= 0.3 is 0 Å². The van der Waals surface area contributed by atoms with Crippen LogP contribution in [0.15, 0.2) is 24.3 Å². The first kappa shape index (κ1) is 14.9. The van der Waals surface area contributed by atoms with Crippen LogP contribution in [0.4, 0.5) is 5.69 Å². The highest BCUT2D eigenvalue weighted by Crippen LogP contribution is 2.26. The fraction of sp³-hybridized carbons (Fsp3) is 0.588. The fourth-order valence-corrected chi connectivity index (χ4v) is 2.74. The first-order chi connectivity index (χ1) is 9.36. The van der Waals surface area contributed by atoms with E-state index in [-0.39, 0.29) is 11.3 Å². The van der Waals surface area contributed by atoms with Crippen molar-refractivity contribution in [3.8, 4) is 0 Å². The molecule has 0 atom stereocenters. The third-order valence-corrected chi connectivity index (χ3v) is 4.00. The average Bonchev–Trinajstić information content (AvgIpc) is 2.38. The molecule has 1 aliphatic heterocycles. The highest BCUT2D eigenvalue weighted by Gasteiger charge is 2.20. The molecule has 0 spiro atoms. The zero-order valence-electron chi connectivity index (χ0n) is 13.1. The van der Waals surface area contributed by atoms with Crippen molar-refractivity contribution in [1.82, 2.24) is 5.32 Å². The number of nitrogens with zero attached hydrogens (tertiary/aromatic N) is 1. The first-order valence-corrected chi connectivity index (χ1v) is 7.49. The summed E-state index contributed by atoms with van der Waals surface area (Å²) >= 11 is 0. The van der Waals surface area contributed by atoms with E-state index in [4.69, 9.17) is 0 Å². The van der Waals surface area contributed by atoms with Gasteiger partial charge in [0.15, 0.2) is 0 Å². The highest BCUT2D eigenvalue weighted by atomic mass is 16.1. The molecule has 3 nitrogen and oxygen atoms in total. The number of hydrogen-bond donors (Lipinski definition) is 1. The average molecular weight is 274 g/mol. The molecule has 1 amide bonds. The minimum absolute atomic E-state index is 0.0815. The summed E-state index contributed by atoms with van der Waals surface area (Å²) in [6, 6.07) is 9.25. The molecule has 1 aromatic rings. The SMILES string of the molecule is CC(=O)NC1CCN(c2ccc(C(C)(C)C)cc2)CC1. The molecular formula is C17H26N2O. The van der Waals surface area contributed by atoms with E-state index in [2.05, 4.69) is 55.3 Å². The minimum atomic E-state index is 0.0815. The zero-order valence-corrected chi connectivity index (χ0v) is 13.1. The third kappa shape index (κ3) is 3.75. The van der Waals surface area contributed by atoms with Gasteiger partial charge in [-0.2, -0.15) is 0 Å². The van der Waals surface area contributed by atoms with Crippen molar-refractivity contribution in [2.75, 3.05) is 18.0 Å². The van der Waals surface area contributed by atoms with Crippen LogP contribution in [0.25, 0.3) is 0 Å². The molecule has 1 aromatic carbocycles. The lowest BCUT2D eigenvalue weighted by molar-refractivity contribution is -0.119. The van der Waals surface area contributed by atoms with E-state index in [0.29, 0.717) is 6.04 Å². The van der Waals surface area contributed by atoms with Crippen LogP contribution in [-0.2, 0) is 10.2 Å². The van der Waals surface area contributed by atoms with E-state index >= 15 is 0 Å². The summed E-state index contributed by atoms with van der Waals surface area (Å²) in [7, 11) is 0. The molecule has 0 aliphatic carbocycles. The van der Waals surface area contributed by atoms with E-state index in [0.717, 1.165) is 25.9 Å². The lowest BCUT2D eigenvalue weighted by atomic mass is 9.87. The second-order valence-corrected chi connectivity index (χ2v) is 6.76. The number of amides is 1. The predicted octanol–water partition coefficient (Wildman–Crippen LogP) is 3.09. The second-order valence-electron chi connectivity index (χ2n) is 6.76. The normalized spacial score (nSPS) is 17.1. The molecule has 20 heavy (non-hydrogen) atoms. The van der Waals surface area contributed by atoms with Crippen LogP contribution in [0, 0.1) is 0 Å². The van der Waals surface area contributed by atoms with Gasteiger partial charge in [-0.05, 0) is 36.0 Å². The van der Waals surface area contributed by atoms with E-state index < -0.39 is 0 Å².